The summed E-state index contributed by atoms with van der Waals surface area (Å²) in [7, 11) is 0. The number of carbonyl (C=O) groups is 1. The Hall–Kier alpha value is -1.75. The lowest BCUT2D eigenvalue weighted by atomic mass is 10.1. The van der Waals surface area contributed by atoms with Crippen molar-refractivity contribution in [2.45, 2.75) is 32.9 Å². The van der Waals surface area contributed by atoms with Crippen LogP contribution in [0.2, 0.25) is 0 Å². The summed E-state index contributed by atoms with van der Waals surface area (Å²) in [5.41, 5.74) is 12.6. The fourth-order valence-electron chi connectivity index (χ4n) is 1.25. The molecule has 0 saturated carbocycles. The van der Waals surface area contributed by atoms with Gasteiger partial charge in [-0.15, -0.1) is 0 Å². The maximum Gasteiger partial charge on any atom is 0.412 e. The minimum Gasteiger partial charge on any atom is -0.444 e. The maximum absolute atomic E-state index is 11.6. The van der Waals surface area contributed by atoms with E-state index >= 15 is 0 Å². The SMILES string of the molecule is CC(C)(C)OC(=O)Nc1cc(CN)ccc1N. The van der Waals surface area contributed by atoms with Gasteiger partial charge in [0.2, 0.25) is 0 Å². The number of ether oxygens (including phenoxy) is 1. The number of amides is 1. The highest BCUT2D eigenvalue weighted by atomic mass is 16.6. The van der Waals surface area contributed by atoms with Crippen LogP contribution in [-0.4, -0.2) is 11.7 Å². The first-order chi connectivity index (χ1) is 7.81. The standard InChI is InChI=1S/C12H19N3O2/c1-12(2,3)17-11(16)15-10-6-8(7-13)4-5-9(10)14/h4-6H,7,13-14H2,1-3H3,(H,15,16). The van der Waals surface area contributed by atoms with E-state index in [1.165, 1.54) is 0 Å². The molecule has 0 aliphatic rings. The lowest BCUT2D eigenvalue weighted by Gasteiger charge is -2.20. The molecule has 0 saturated heterocycles. The van der Waals surface area contributed by atoms with Gasteiger partial charge in [0.1, 0.15) is 5.60 Å². The Kier molecular flexibility index (Phi) is 3.96. The summed E-state index contributed by atoms with van der Waals surface area (Å²) >= 11 is 0. The van der Waals surface area contributed by atoms with Crippen molar-refractivity contribution in [2.24, 2.45) is 5.73 Å². The van der Waals surface area contributed by atoms with E-state index in [-0.39, 0.29) is 0 Å². The molecular weight excluding hydrogens is 218 g/mol. The number of hydrogen-bond acceptors (Lipinski definition) is 4. The molecule has 0 aromatic heterocycles. The molecule has 0 aliphatic carbocycles. The van der Waals surface area contributed by atoms with Crippen molar-refractivity contribution in [3.05, 3.63) is 23.8 Å². The summed E-state index contributed by atoms with van der Waals surface area (Å²) in [6.07, 6.45) is -0.529. The molecule has 0 atom stereocenters. The molecule has 1 aromatic carbocycles. The van der Waals surface area contributed by atoms with E-state index < -0.39 is 11.7 Å². The Morgan fingerprint density at radius 3 is 2.59 bits per heavy atom. The zero-order valence-corrected chi connectivity index (χ0v) is 10.4. The van der Waals surface area contributed by atoms with Crippen LogP contribution in [0.4, 0.5) is 16.2 Å². The van der Waals surface area contributed by atoms with Crippen molar-refractivity contribution >= 4 is 17.5 Å². The van der Waals surface area contributed by atoms with Gasteiger partial charge in [-0.2, -0.15) is 0 Å². The van der Waals surface area contributed by atoms with Crippen LogP contribution in [0, 0.1) is 0 Å². The number of anilines is 2. The molecule has 1 aromatic rings. The predicted octanol–water partition coefficient (Wildman–Crippen LogP) is 2.07. The highest BCUT2D eigenvalue weighted by Crippen LogP contribution is 2.20. The first-order valence-corrected chi connectivity index (χ1v) is 5.40. The number of benzene rings is 1. The molecule has 5 N–H and O–H groups in total. The van der Waals surface area contributed by atoms with Gasteiger partial charge in [0.05, 0.1) is 11.4 Å². The fraction of sp³-hybridized carbons (Fsp3) is 0.417. The van der Waals surface area contributed by atoms with Crippen LogP contribution in [0.1, 0.15) is 26.3 Å². The quantitative estimate of drug-likeness (QED) is 0.687. The number of nitrogens with two attached hydrogens (primary N) is 2. The second-order valence-corrected chi connectivity index (χ2v) is 4.75. The molecule has 0 unspecified atom stereocenters. The first-order valence-electron chi connectivity index (χ1n) is 5.40. The van der Waals surface area contributed by atoms with Crippen LogP contribution in [0.5, 0.6) is 0 Å². The van der Waals surface area contributed by atoms with E-state index in [1.807, 2.05) is 6.07 Å². The number of hydrogen-bond donors (Lipinski definition) is 3. The highest BCUT2D eigenvalue weighted by Gasteiger charge is 2.16. The van der Waals surface area contributed by atoms with E-state index in [1.54, 1.807) is 32.9 Å². The fourth-order valence-corrected chi connectivity index (χ4v) is 1.25. The third-order valence-corrected chi connectivity index (χ3v) is 1.99. The zero-order valence-electron chi connectivity index (χ0n) is 10.4. The van der Waals surface area contributed by atoms with Gasteiger partial charge in [0, 0.05) is 6.54 Å². The Labute approximate surface area is 101 Å². The van der Waals surface area contributed by atoms with E-state index in [0.29, 0.717) is 17.9 Å². The number of rotatable bonds is 2. The Bertz CT molecular complexity index is 411. The van der Waals surface area contributed by atoms with Crippen molar-refractivity contribution in [3.8, 4) is 0 Å². The van der Waals surface area contributed by atoms with E-state index in [0.717, 1.165) is 5.56 Å². The molecule has 0 spiro atoms. The highest BCUT2D eigenvalue weighted by molar-refractivity contribution is 5.89. The number of nitrogens with one attached hydrogen (secondary N) is 1. The lowest BCUT2D eigenvalue weighted by Crippen LogP contribution is -2.27. The monoisotopic (exact) mass is 237 g/mol. The van der Waals surface area contributed by atoms with Crippen molar-refractivity contribution in [3.63, 3.8) is 0 Å². The summed E-state index contributed by atoms with van der Waals surface area (Å²) < 4.78 is 5.13. The average molecular weight is 237 g/mol. The van der Waals surface area contributed by atoms with Crippen molar-refractivity contribution in [1.29, 1.82) is 0 Å². The van der Waals surface area contributed by atoms with E-state index in [9.17, 15) is 4.79 Å². The van der Waals surface area contributed by atoms with Crippen LogP contribution in [0.3, 0.4) is 0 Å². The molecule has 94 valence electrons. The van der Waals surface area contributed by atoms with Crippen molar-refractivity contribution < 1.29 is 9.53 Å². The Balaban J connectivity index is 2.77. The van der Waals surface area contributed by atoms with Crippen molar-refractivity contribution in [2.75, 3.05) is 11.1 Å². The minimum atomic E-state index is -0.537. The molecular formula is C12H19N3O2. The smallest absolute Gasteiger partial charge is 0.412 e. The lowest BCUT2D eigenvalue weighted by molar-refractivity contribution is 0.0636. The van der Waals surface area contributed by atoms with Gasteiger partial charge in [0.15, 0.2) is 0 Å². The van der Waals surface area contributed by atoms with Crippen molar-refractivity contribution in [1.82, 2.24) is 0 Å². The molecule has 5 nitrogen and oxygen atoms in total. The summed E-state index contributed by atoms with van der Waals surface area (Å²) in [4.78, 5) is 11.6. The third kappa shape index (κ3) is 4.32. The van der Waals surface area contributed by atoms with Gasteiger partial charge < -0.3 is 16.2 Å². The average Bonchev–Trinajstić information content (AvgIpc) is 2.18. The van der Waals surface area contributed by atoms with Crippen LogP contribution < -0.4 is 16.8 Å². The topological polar surface area (TPSA) is 90.4 Å². The van der Waals surface area contributed by atoms with Crippen LogP contribution in [0.25, 0.3) is 0 Å². The normalized spacial score (nSPS) is 11.1. The molecule has 0 aliphatic heterocycles. The number of carbonyl (C=O) groups excluding carboxylic acids is 1. The Morgan fingerprint density at radius 2 is 2.06 bits per heavy atom. The molecule has 0 bridgehead atoms. The molecule has 5 heteroatoms. The zero-order chi connectivity index (χ0) is 13.1. The van der Waals surface area contributed by atoms with Crippen LogP contribution in [-0.2, 0) is 11.3 Å². The first kappa shape index (κ1) is 13.3. The van der Waals surface area contributed by atoms with Gasteiger partial charge in [-0.05, 0) is 38.5 Å². The molecule has 0 heterocycles. The second-order valence-electron chi connectivity index (χ2n) is 4.75. The summed E-state index contributed by atoms with van der Waals surface area (Å²) in [6.45, 7) is 5.79. The van der Waals surface area contributed by atoms with Gasteiger partial charge in [-0.3, -0.25) is 5.32 Å². The third-order valence-electron chi connectivity index (χ3n) is 1.99. The van der Waals surface area contributed by atoms with Gasteiger partial charge in [0.25, 0.3) is 0 Å². The van der Waals surface area contributed by atoms with Crippen LogP contribution >= 0.6 is 0 Å². The molecule has 0 fully saturated rings. The summed E-state index contributed by atoms with van der Waals surface area (Å²) in [6, 6.07) is 5.25. The second kappa shape index (κ2) is 5.05. The largest absolute Gasteiger partial charge is 0.444 e. The Morgan fingerprint density at radius 1 is 1.41 bits per heavy atom. The molecule has 17 heavy (non-hydrogen) atoms. The minimum absolute atomic E-state index is 0.392. The van der Waals surface area contributed by atoms with Crippen LogP contribution in [0.15, 0.2) is 18.2 Å². The summed E-state index contributed by atoms with van der Waals surface area (Å²) in [5, 5.41) is 2.60. The van der Waals surface area contributed by atoms with E-state index in [4.69, 9.17) is 16.2 Å². The van der Waals surface area contributed by atoms with Gasteiger partial charge in [-0.25, -0.2) is 4.79 Å². The maximum atomic E-state index is 11.6. The molecule has 0 radical (unpaired) electrons. The number of nitrogen functional groups attached to an aromatic ring is 1. The molecule has 1 amide bonds. The predicted molar refractivity (Wildman–Crippen MR) is 68.6 cm³/mol. The van der Waals surface area contributed by atoms with Gasteiger partial charge >= 0.3 is 6.09 Å². The summed E-state index contributed by atoms with van der Waals surface area (Å²) in [5.74, 6) is 0. The van der Waals surface area contributed by atoms with E-state index in [2.05, 4.69) is 5.32 Å². The molecule has 1 rings (SSSR count). The van der Waals surface area contributed by atoms with Gasteiger partial charge in [-0.1, -0.05) is 6.07 Å².